The number of allylic oxidation sites excluding steroid dienone is 3. The van der Waals surface area contributed by atoms with Crippen LogP contribution in [-0.2, 0) is 14.3 Å². The van der Waals surface area contributed by atoms with Crippen molar-refractivity contribution < 1.29 is 14.3 Å². The maximum Gasteiger partial charge on any atom is 0.337 e. The topological polar surface area (TPSA) is 84.8 Å². The van der Waals surface area contributed by atoms with Gasteiger partial charge in [-0.15, -0.1) is 4.91 Å². The zero-order valence-electron chi connectivity index (χ0n) is 18.5. The van der Waals surface area contributed by atoms with Gasteiger partial charge in [-0.25, -0.2) is 4.79 Å². The second-order valence-corrected chi connectivity index (χ2v) is 9.78. The molecule has 31 heavy (non-hydrogen) atoms. The van der Waals surface area contributed by atoms with Crippen molar-refractivity contribution in [2.45, 2.75) is 77.7 Å². The van der Waals surface area contributed by atoms with Crippen LogP contribution < -0.4 is 5.32 Å². The highest BCUT2D eigenvalue weighted by Gasteiger charge is 2.43. The van der Waals surface area contributed by atoms with Gasteiger partial charge >= 0.3 is 5.97 Å². The number of carbonyl (C=O) groups is 2. The fraction of sp³-hybridized carbons (Fsp3) is 0.520. The van der Waals surface area contributed by atoms with E-state index in [1.807, 2.05) is 6.92 Å². The molecule has 1 fully saturated rings. The number of Topliss-reactive ketones (excluding diaryl/α,β-unsaturated/α-hetero) is 1. The Labute approximate surface area is 183 Å². The molecule has 0 bridgehead atoms. The first-order valence-electron chi connectivity index (χ1n) is 11.2. The van der Waals surface area contributed by atoms with Crippen LogP contribution in [0.1, 0.15) is 77.2 Å². The molecule has 1 N–H and O–H groups in total. The lowest BCUT2D eigenvalue weighted by atomic mass is 9.68. The Kier molecular flexibility index (Phi) is 5.82. The van der Waals surface area contributed by atoms with Crippen molar-refractivity contribution in [3.63, 3.8) is 0 Å². The summed E-state index contributed by atoms with van der Waals surface area (Å²) in [4.78, 5) is 37.5. The predicted octanol–water partition coefficient (Wildman–Crippen LogP) is 5.56. The van der Waals surface area contributed by atoms with Crippen LogP contribution in [0.2, 0.25) is 0 Å². The number of esters is 1. The van der Waals surface area contributed by atoms with Crippen molar-refractivity contribution in [1.82, 2.24) is 5.32 Å². The van der Waals surface area contributed by atoms with Crippen LogP contribution in [0.5, 0.6) is 0 Å². The quantitative estimate of drug-likeness (QED) is 0.507. The number of nitroso groups, excluding NO2 is 1. The third-order valence-electron chi connectivity index (χ3n) is 6.62. The number of rotatable bonds is 4. The summed E-state index contributed by atoms with van der Waals surface area (Å²) < 4.78 is 5.91. The lowest BCUT2D eigenvalue weighted by molar-refractivity contribution is -0.146. The number of dihydropyridines is 1. The van der Waals surface area contributed by atoms with E-state index in [0.29, 0.717) is 23.3 Å². The summed E-state index contributed by atoms with van der Waals surface area (Å²) in [7, 11) is 0. The standard InChI is InChI=1S/C25H30N2O4/c1-15-21(24(29)31-18-7-5-4-6-8-18)22(16-9-11-17(27-30)12-10-16)23-19(26-15)13-25(2,3)14-20(23)28/h9-12,18,22,26H,4-8,13-14H2,1-3H3. The molecular weight excluding hydrogens is 392 g/mol. The van der Waals surface area contributed by atoms with E-state index < -0.39 is 5.92 Å². The smallest absolute Gasteiger partial charge is 0.337 e. The molecule has 0 radical (unpaired) electrons. The van der Waals surface area contributed by atoms with Gasteiger partial charge in [0.1, 0.15) is 11.8 Å². The fourth-order valence-corrected chi connectivity index (χ4v) is 5.17. The van der Waals surface area contributed by atoms with Crippen LogP contribution in [-0.4, -0.2) is 17.9 Å². The number of benzene rings is 1. The normalized spacial score (nSPS) is 23.8. The minimum atomic E-state index is -0.503. The summed E-state index contributed by atoms with van der Waals surface area (Å²) in [6.45, 7) is 6.05. The average Bonchev–Trinajstić information content (AvgIpc) is 2.72. The van der Waals surface area contributed by atoms with E-state index in [4.69, 9.17) is 4.74 Å². The van der Waals surface area contributed by atoms with Gasteiger partial charge in [-0.1, -0.05) is 32.4 Å². The minimum absolute atomic E-state index is 0.0526. The van der Waals surface area contributed by atoms with Gasteiger partial charge in [0.05, 0.1) is 5.57 Å². The molecule has 3 aliphatic rings. The van der Waals surface area contributed by atoms with Gasteiger partial charge in [-0.3, -0.25) is 4.79 Å². The van der Waals surface area contributed by atoms with Crippen LogP contribution in [0.25, 0.3) is 0 Å². The molecule has 0 saturated heterocycles. The second-order valence-electron chi connectivity index (χ2n) is 9.78. The first-order chi connectivity index (χ1) is 14.8. The van der Waals surface area contributed by atoms with Crippen LogP contribution in [0, 0.1) is 10.3 Å². The van der Waals surface area contributed by atoms with Gasteiger partial charge in [0.15, 0.2) is 5.78 Å². The number of hydrogen-bond donors (Lipinski definition) is 1. The predicted molar refractivity (Wildman–Crippen MR) is 118 cm³/mol. The third kappa shape index (κ3) is 4.34. The first kappa shape index (κ1) is 21.5. The fourth-order valence-electron chi connectivity index (χ4n) is 5.17. The Morgan fingerprint density at radius 3 is 2.42 bits per heavy atom. The molecule has 6 heteroatoms. The number of nitrogens with zero attached hydrogens (tertiary/aromatic N) is 1. The Hall–Kier alpha value is -2.76. The van der Waals surface area contributed by atoms with Gasteiger partial charge in [-0.2, -0.15) is 0 Å². The summed E-state index contributed by atoms with van der Waals surface area (Å²) >= 11 is 0. The average molecular weight is 423 g/mol. The maximum atomic E-state index is 13.4. The highest BCUT2D eigenvalue weighted by atomic mass is 16.5. The van der Waals surface area contributed by atoms with E-state index in [9.17, 15) is 14.5 Å². The molecule has 1 saturated carbocycles. The number of hydrogen-bond acceptors (Lipinski definition) is 6. The van der Waals surface area contributed by atoms with Crippen LogP contribution in [0.15, 0.2) is 52.0 Å². The molecule has 6 nitrogen and oxygen atoms in total. The SMILES string of the molecule is CC1=C(C(=O)OC2CCCCC2)C(c2ccc(N=O)cc2)C2=C(CC(C)(C)CC2=O)N1. The monoisotopic (exact) mass is 422 g/mol. The summed E-state index contributed by atoms with van der Waals surface area (Å²) in [6.07, 6.45) is 6.19. The summed E-state index contributed by atoms with van der Waals surface area (Å²) in [5.74, 6) is -0.808. The van der Waals surface area contributed by atoms with Crippen LogP contribution in [0.3, 0.4) is 0 Å². The van der Waals surface area contributed by atoms with Crippen molar-refractivity contribution in [3.05, 3.63) is 57.3 Å². The molecule has 0 amide bonds. The second kappa shape index (κ2) is 8.40. The van der Waals surface area contributed by atoms with Gasteiger partial charge in [-0.05, 0) is 67.3 Å². The molecule has 1 heterocycles. The van der Waals surface area contributed by atoms with Crippen molar-refractivity contribution in [3.8, 4) is 0 Å². The molecule has 1 unspecified atom stereocenters. The molecule has 1 atom stereocenters. The number of nitrogens with one attached hydrogen (secondary N) is 1. The molecule has 4 rings (SSSR count). The van der Waals surface area contributed by atoms with E-state index >= 15 is 0 Å². The van der Waals surface area contributed by atoms with Gasteiger partial charge in [0, 0.05) is 29.3 Å². The molecule has 164 valence electrons. The van der Waals surface area contributed by atoms with Crippen LogP contribution >= 0.6 is 0 Å². The van der Waals surface area contributed by atoms with Gasteiger partial charge < -0.3 is 10.1 Å². The van der Waals surface area contributed by atoms with E-state index in [2.05, 4.69) is 24.3 Å². The largest absolute Gasteiger partial charge is 0.459 e. The van der Waals surface area contributed by atoms with E-state index in [1.54, 1.807) is 24.3 Å². The molecule has 0 spiro atoms. The maximum absolute atomic E-state index is 13.4. The Morgan fingerprint density at radius 2 is 1.77 bits per heavy atom. The van der Waals surface area contributed by atoms with Crippen molar-refractivity contribution in [2.24, 2.45) is 10.6 Å². The third-order valence-corrected chi connectivity index (χ3v) is 6.62. The first-order valence-corrected chi connectivity index (χ1v) is 11.2. The van der Waals surface area contributed by atoms with Gasteiger partial charge in [0.25, 0.3) is 0 Å². The number of ether oxygens (including phenoxy) is 1. The van der Waals surface area contributed by atoms with E-state index in [0.717, 1.165) is 49.1 Å². The Morgan fingerprint density at radius 1 is 1.10 bits per heavy atom. The zero-order valence-corrected chi connectivity index (χ0v) is 18.5. The zero-order chi connectivity index (χ0) is 22.2. The van der Waals surface area contributed by atoms with E-state index in [-0.39, 0.29) is 23.3 Å². The highest BCUT2D eigenvalue weighted by Crippen LogP contribution is 2.47. The Balaban J connectivity index is 1.75. The summed E-state index contributed by atoms with van der Waals surface area (Å²) in [5, 5.41) is 6.34. The van der Waals surface area contributed by atoms with Crippen molar-refractivity contribution >= 4 is 17.4 Å². The lowest BCUT2D eigenvalue weighted by Crippen LogP contribution is -2.39. The molecule has 2 aliphatic carbocycles. The molecule has 1 aliphatic heterocycles. The van der Waals surface area contributed by atoms with Crippen molar-refractivity contribution in [1.29, 1.82) is 0 Å². The van der Waals surface area contributed by atoms with Crippen LogP contribution in [0.4, 0.5) is 5.69 Å². The number of ketones is 1. The molecule has 1 aromatic carbocycles. The van der Waals surface area contributed by atoms with E-state index in [1.165, 1.54) is 6.42 Å². The summed E-state index contributed by atoms with van der Waals surface area (Å²) in [6, 6.07) is 6.82. The highest BCUT2D eigenvalue weighted by molar-refractivity contribution is 6.04. The van der Waals surface area contributed by atoms with Crippen molar-refractivity contribution in [2.75, 3.05) is 0 Å². The van der Waals surface area contributed by atoms with Gasteiger partial charge in [0.2, 0.25) is 0 Å². The molecule has 0 aromatic heterocycles. The Bertz CT molecular complexity index is 966. The molecule has 1 aromatic rings. The summed E-state index contributed by atoms with van der Waals surface area (Å²) in [5.41, 5.74) is 3.72. The minimum Gasteiger partial charge on any atom is -0.459 e. The number of carbonyl (C=O) groups excluding carboxylic acids is 2. The lowest BCUT2D eigenvalue weighted by Gasteiger charge is -2.39. The molecular formula is C25H30N2O4.